The monoisotopic (exact) mass is 1110 g/mol. The van der Waals surface area contributed by atoms with Crippen LogP contribution in [-0.2, 0) is 83.2 Å². The Morgan fingerprint density at radius 1 is 0.412 bits per heavy atom. The number of benzene rings is 2. The van der Waals surface area contributed by atoms with Crippen LogP contribution in [0.2, 0.25) is 0 Å². The summed E-state index contributed by atoms with van der Waals surface area (Å²) < 4.78 is 27.7. The highest BCUT2D eigenvalue weighted by Crippen LogP contribution is 2.25. The summed E-state index contributed by atoms with van der Waals surface area (Å²) in [4.78, 5) is 122. The first kappa shape index (κ1) is 63.5. The quantitative estimate of drug-likeness (QED) is 0.0907. The molecule has 80 heavy (non-hydrogen) atoms. The first-order valence-electron chi connectivity index (χ1n) is 27.7. The minimum Gasteiger partial charge on any atom is -0.451 e. The Hall–Kier alpha value is -7.38. The maximum Gasteiger partial charge on any atom is 0.329 e. The summed E-state index contributed by atoms with van der Waals surface area (Å²) in [6.07, 6.45) is 1.01. The SMILES string of the molecule is CC(C)CC1C(=O)O[C@H](C)C(=O)N(C)[C@@H](CC(C)C)C(=O)O[C@H](Cc2cccc(Cn3cccn3)c2)C(=O)N(C)[C@@H](CC(C)C)C(=O)O[C@H](C)C(=O)N(C)[C@@H](CC(C)C)C(=O)O[C@H](Cc2ccc(Cn3cccn3)cc2)C(=O)N1C. The van der Waals surface area contributed by atoms with Gasteiger partial charge in [0.25, 0.3) is 23.6 Å². The predicted molar refractivity (Wildman–Crippen MR) is 298 cm³/mol. The molecule has 5 rings (SSSR count). The first-order chi connectivity index (χ1) is 37.7. The predicted octanol–water partition coefficient (Wildman–Crippen LogP) is 6.15. The fraction of sp³-hybridized carbons (Fsp3) is 0.567. The number of hydrogen-bond acceptors (Lipinski definition) is 14. The van der Waals surface area contributed by atoms with Gasteiger partial charge >= 0.3 is 23.9 Å². The topological polar surface area (TPSA) is 222 Å². The van der Waals surface area contributed by atoms with E-state index in [-0.39, 0.29) is 62.2 Å². The van der Waals surface area contributed by atoms with Crippen molar-refractivity contribution in [3.05, 3.63) is 108 Å². The maximum absolute atomic E-state index is 15.0. The molecule has 20 heteroatoms. The molecule has 20 nitrogen and oxygen atoms in total. The van der Waals surface area contributed by atoms with E-state index in [2.05, 4.69) is 10.2 Å². The van der Waals surface area contributed by atoms with Crippen LogP contribution in [0.25, 0.3) is 0 Å². The summed E-state index contributed by atoms with van der Waals surface area (Å²) in [5, 5.41) is 8.58. The van der Waals surface area contributed by atoms with E-state index in [0.29, 0.717) is 24.2 Å². The lowest BCUT2D eigenvalue weighted by atomic mass is 9.99. The Morgan fingerprint density at radius 3 is 1.10 bits per heavy atom. The van der Waals surface area contributed by atoms with E-state index in [1.165, 1.54) is 42.0 Å². The van der Waals surface area contributed by atoms with Crippen LogP contribution in [0, 0.1) is 23.7 Å². The molecule has 0 radical (unpaired) electrons. The van der Waals surface area contributed by atoms with Gasteiger partial charge < -0.3 is 38.5 Å². The first-order valence-corrected chi connectivity index (χ1v) is 27.7. The zero-order valence-corrected chi connectivity index (χ0v) is 49.1. The van der Waals surface area contributed by atoms with Gasteiger partial charge in [-0.05, 0) is 97.6 Å². The van der Waals surface area contributed by atoms with Crippen molar-refractivity contribution in [3.8, 4) is 0 Å². The summed E-state index contributed by atoms with van der Waals surface area (Å²) in [5.74, 6) is -7.42. The number of amides is 4. The van der Waals surface area contributed by atoms with E-state index in [1.807, 2.05) is 104 Å². The molecule has 1 aliphatic rings. The molecule has 0 aliphatic carbocycles. The van der Waals surface area contributed by atoms with Crippen LogP contribution in [-0.4, -0.2) is 163 Å². The van der Waals surface area contributed by atoms with Crippen LogP contribution < -0.4 is 0 Å². The average Bonchev–Trinajstić information content (AvgIpc) is 4.17. The maximum atomic E-state index is 15.0. The van der Waals surface area contributed by atoms with Gasteiger partial charge in [-0.2, -0.15) is 10.2 Å². The number of carbonyl (C=O) groups is 8. The lowest BCUT2D eigenvalue weighted by Gasteiger charge is -2.35. The third-order valence-electron chi connectivity index (χ3n) is 14.1. The molecule has 8 atom stereocenters. The summed E-state index contributed by atoms with van der Waals surface area (Å²) in [7, 11) is 5.57. The smallest absolute Gasteiger partial charge is 0.329 e. The molecule has 1 aliphatic heterocycles. The van der Waals surface area contributed by atoms with Gasteiger partial charge in [0.2, 0.25) is 0 Å². The summed E-state index contributed by atoms with van der Waals surface area (Å²) in [6, 6.07) is 13.2. The molecule has 1 saturated heterocycles. The molecule has 436 valence electrons. The van der Waals surface area contributed by atoms with Gasteiger partial charge in [-0.15, -0.1) is 0 Å². The second-order valence-corrected chi connectivity index (χ2v) is 22.8. The Bertz CT molecular complexity index is 2690. The fourth-order valence-electron chi connectivity index (χ4n) is 9.71. The van der Waals surface area contributed by atoms with Crippen LogP contribution >= 0.6 is 0 Å². The van der Waals surface area contributed by atoms with Crippen molar-refractivity contribution in [1.29, 1.82) is 0 Å². The van der Waals surface area contributed by atoms with Gasteiger partial charge in [-0.25, -0.2) is 19.2 Å². The van der Waals surface area contributed by atoms with E-state index in [0.717, 1.165) is 30.7 Å². The normalized spacial score (nSPS) is 23.2. The van der Waals surface area contributed by atoms with Gasteiger partial charge in [0.05, 0.1) is 13.1 Å². The van der Waals surface area contributed by atoms with Crippen LogP contribution in [0.3, 0.4) is 0 Å². The van der Waals surface area contributed by atoms with Crippen molar-refractivity contribution in [2.24, 2.45) is 23.7 Å². The minimum absolute atomic E-state index is 0.0823. The largest absolute Gasteiger partial charge is 0.451 e. The molecule has 1 unspecified atom stereocenters. The highest BCUT2D eigenvalue weighted by molar-refractivity contribution is 5.94. The van der Waals surface area contributed by atoms with Gasteiger partial charge in [-0.1, -0.05) is 104 Å². The van der Waals surface area contributed by atoms with Crippen molar-refractivity contribution >= 4 is 47.5 Å². The Morgan fingerprint density at radius 2 is 0.738 bits per heavy atom. The molecule has 4 amide bonds. The number of hydrogen-bond donors (Lipinski definition) is 0. The number of rotatable bonds is 16. The lowest BCUT2D eigenvalue weighted by molar-refractivity contribution is -0.176. The van der Waals surface area contributed by atoms with E-state index >= 15 is 4.79 Å². The summed E-state index contributed by atoms with van der Waals surface area (Å²) in [5.41, 5.74) is 3.00. The number of nitrogens with zero attached hydrogens (tertiary/aromatic N) is 8. The Kier molecular flexibility index (Phi) is 23.2. The third kappa shape index (κ3) is 17.8. The van der Waals surface area contributed by atoms with E-state index in [4.69, 9.17) is 18.9 Å². The highest BCUT2D eigenvalue weighted by atomic mass is 16.6. The summed E-state index contributed by atoms with van der Waals surface area (Å²) >= 11 is 0. The molecule has 3 heterocycles. The lowest BCUT2D eigenvalue weighted by Crippen LogP contribution is -2.55. The standard InChI is InChI=1S/C60H84N8O12/c1-37(2)28-47-57(73)77-42(10)54(70)64(12)50(31-40(7)8)60(76)80-52(34-45-18-15-19-46(32-45)36-68-27-17-25-62-68)56(72)66(14)48(29-38(3)4)58(74)78-41(9)53(69)63(11)49(30-39(5)6)59(75)79-51(55(71)65(47)13)33-43-20-22-44(23-21-43)35-67-26-16-24-61-67/h15-27,32,37-42,47-52H,28-31,33-36H2,1-14H3/t41-,42-,47?,48+,49+,50+,51-,52-/m1/s1. The van der Waals surface area contributed by atoms with Crippen LogP contribution in [0.5, 0.6) is 0 Å². The Balaban J connectivity index is 1.60. The van der Waals surface area contributed by atoms with Gasteiger partial charge in [-0.3, -0.25) is 28.5 Å². The van der Waals surface area contributed by atoms with Crippen molar-refractivity contribution in [2.45, 2.75) is 169 Å². The molecular weight excluding hydrogens is 1020 g/mol. The third-order valence-corrected chi connectivity index (χ3v) is 14.1. The number of cyclic esters (lactones) is 4. The van der Waals surface area contributed by atoms with Crippen molar-refractivity contribution in [1.82, 2.24) is 39.2 Å². The molecule has 1 fully saturated rings. The summed E-state index contributed by atoms with van der Waals surface area (Å²) in [6.45, 7) is 18.4. The highest BCUT2D eigenvalue weighted by Gasteiger charge is 2.43. The number of carbonyl (C=O) groups excluding carboxylic acids is 8. The van der Waals surface area contributed by atoms with Crippen molar-refractivity contribution in [3.63, 3.8) is 0 Å². The van der Waals surface area contributed by atoms with Gasteiger partial charge in [0.15, 0.2) is 24.4 Å². The molecular formula is C60H84N8O12. The molecule has 0 saturated carbocycles. The Labute approximate surface area is 471 Å². The number of likely N-dealkylation sites (N-methyl/N-ethyl adjacent to an activating group) is 4. The molecule has 0 bridgehead atoms. The average molecular weight is 1110 g/mol. The molecule has 2 aromatic heterocycles. The van der Waals surface area contributed by atoms with Crippen LogP contribution in [0.1, 0.15) is 117 Å². The van der Waals surface area contributed by atoms with Gasteiger partial charge in [0, 0.05) is 65.8 Å². The van der Waals surface area contributed by atoms with Crippen molar-refractivity contribution < 1.29 is 57.3 Å². The molecule has 4 aromatic rings. The van der Waals surface area contributed by atoms with Gasteiger partial charge in [0.1, 0.15) is 24.2 Å². The molecule has 0 N–H and O–H groups in total. The van der Waals surface area contributed by atoms with E-state index in [9.17, 15) is 33.6 Å². The fourth-order valence-corrected chi connectivity index (χ4v) is 9.71. The van der Waals surface area contributed by atoms with Crippen molar-refractivity contribution in [2.75, 3.05) is 28.2 Å². The number of ether oxygens (including phenoxy) is 4. The molecule has 2 aromatic carbocycles. The second kappa shape index (κ2) is 29.2. The minimum atomic E-state index is -1.54. The molecule has 0 spiro atoms. The van der Waals surface area contributed by atoms with E-state index < -0.39 is 96.1 Å². The zero-order chi connectivity index (χ0) is 59.1. The van der Waals surface area contributed by atoms with E-state index in [1.54, 1.807) is 46.0 Å². The second-order valence-electron chi connectivity index (χ2n) is 22.8. The number of esters is 4. The van der Waals surface area contributed by atoms with Crippen LogP contribution in [0.4, 0.5) is 0 Å². The number of aromatic nitrogens is 4. The zero-order valence-electron chi connectivity index (χ0n) is 49.1. The van der Waals surface area contributed by atoms with Crippen LogP contribution in [0.15, 0.2) is 85.5 Å².